The third-order valence-electron chi connectivity index (χ3n) is 6.14. The van der Waals surface area contributed by atoms with Crippen LogP contribution in [0.3, 0.4) is 0 Å². The largest absolute Gasteiger partial charge is 0.508 e. The minimum Gasteiger partial charge on any atom is -0.508 e. The number of benzene rings is 4. The number of hydrogen-bond acceptors (Lipinski definition) is 6. The first-order valence-corrected chi connectivity index (χ1v) is 12.9. The predicted octanol–water partition coefficient (Wildman–Crippen LogP) is 7.06. The van der Waals surface area contributed by atoms with Crippen molar-refractivity contribution in [2.45, 2.75) is 18.3 Å². The van der Waals surface area contributed by atoms with Crippen LogP contribution in [-0.4, -0.2) is 32.0 Å². The molecule has 0 aromatic heterocycles. The molecule has 0 amide bonds. The van der Waals surface area contributed by atoms with E-state index in [1.165, 1.54) is 24.3 Å². The van der Waals surface area contributed by atoms with E-state index < -0.39 is 23.4 Å². The second-order valence-electron chi connectivity index (χ2n) is 8.58. The number of hydrogen-bond donors (Lipinski definition) is 4. The van der Waals surface area contributed by atoms with E-state index in [0.29, 0.717) is 11.1 Å². The van der Waals surface area contributed by atoms with Gasteiger partial charge in [-0.15, -0.1) is 0 Å². The molecule has 2 atom stereocenters. The molecule has 4 aromatic rings. The lowest BCUT2D eigenvalue weighted by Crippen LogP contribution is -2.21. The van der Waals surface area contributed by atoms with Gasteiger partial charge in [0.15, 0.2) is 11.6 Å². The van der Waals surface area contributed by atoms with E-state index in [1.807, 2.05) is 0 Å². The van der Waals surface area contributed by atoms with Gasteiger partial charge in [0.25, 0.3) is 0 Å². The Labute approximate surface area is 230 Å². The average molecular weight is 626 g/mol. The number of halogens is 2. The summed E-state index contributed by atoms with van der Waals surface area (Å²) in [6, 6.07) is 21.7. The van der Waals surface area contributed by atoms with E-state index in [9.17, 15) is 30.0 Å². The highest BCUT2D eigenvalue weighted by molar-refractivity contribution is 9.10. The number of aromatic hydroxyl groups is 4. The molecule has 4 aromatic carbocycles. The minimum atomic E-state index is -0.847. The third-order valence-corrected chi connectivity index (χ3v) is 7.20. The zero-order valence-electron chi connectivity index (χ0n) is 19.3. The fourth-order valence-electron chi connectivity index (χ4n) is 4.25. The fourth-order valence-corrected chi connectivity index (χ4v) is 4.78. The molecule has 0 saturated heterocycles. The van der Waals surface area contributed by atoms with E-state index in [0.717, 1.165) is 21.1 Å². The number of carbonyl (C=O) groups is 2. The van der Waals surface area contributed by atoms with Crippen molar-refractivity contribution in [1.82, 2.24) is 0 Å². The summed E-state index contributed by atoms with van der Waals surface area (Å²) in [5.74, 6) is -3.64. The molecule has 4 N–H and O–H groups in total. The fraction of sp³-hybridized carbons (Fsp3) is 0.103. The highest BCUT2D eigenvalue weighted by Gasteiger charge is 2.33. The lowest BCUT2D eigenvalue weighted by atomic mass is 9.78. The zero-order valence-corrected chi connectivity index (χ0v) is 22.5. The Bertz CT molecular complexity index is 1340. The van der Waals surface area contributed by atoms with E-state index in [-0.39, 0.29) is 40.5 Å². The lowest BCUT2D eigenvalue weighted by Gasteiger charge is -2.24. The van der Waals surface area contributed by atoms with Crippen LogP contribution in [0.2, 0.25) is 0 Å². The van der Waals surface area contributed by atoms with Gasteiger partial charge < -0.3 is 20.4 Å². The summed E-state index contributed by atoms with van der Waals surface area (Å²) in [5, 5.41) is 40.2. The van der Waals surface area contributed by atoms with Crippen molar-refractivity contribution < 1.29 is 30.0 Å². The highest BCUT2D eigenvalue weighted by Crippen LogP contribution is 2.39. The Morgan fingerprint density at radius 1 is 0.568 bits per heavy atom. The molecule has 0 fully saturated rings. The van der Waals surface area contributed by atoms with E-state index in [2.05, 4.69) is 31.9 Å². The summed E-state index contributed by atoms with van der Waals surface area (Å²) in [4.78, 5) is 27.6. The number of phenolic OH excluding ortho intramolecular Hbond substituents is 4. The van der Waals surface area contributed by atoms with Crippen molar-refractivity contribution in [2.24, 2.45) is 0 Å². The van der Waals surface area contributed by atoms with E-state index in [4.69, 9.17) is 0 Å². The molecule has 2 unspecified atom stereocenters. The lowest BCUT2D eigenvalue weighted by molar-refractivity contribution is 0.0916. The Morgan fingerprint density at radius 3 is 1.24 bits per heavy atom. The third kappa shape index (κ3) is 6.03. The Balaban J connectivity index is 1.83. The van der Waals surface area contributed by atoms with Crippen molar-refractivity contribution >= 4 is 43.4 Å². The highest BCUT2D eigenvalue weighted by atomic mass is 79.9. The van der Waals surface area contributed by atoms with Gasteiger partial charge in [0.2, 0.25) is 0 Å². The minimum absolute atomic E-state index is 0.0141. The number of ketones is 2. The monoisotopic (exact) mass is 624 g/mol. The number of rotatable bonds is 8. The van der Waals surface area contributed by atoms with E-state index in [1.54, 1.807) is 48.5 Å². The molecule has 8 heteroatoms. The Hall–Kier alpha value is -3.62. The SMILES string of the molecule is O=C(c1ccc(O)cc1O)C(CC(C(=O)c1ccc(O)cc1O)c1ccc(Br)cc1)c1ccc(Br)cc1. The second-order valence-corrected chi connectivity index (χ2v) is 10.4. The van der Waals surface area contributed by atoms with Crippen molar-refractivity contribution in [1.29, 1.82) is 0 Å². The van der Waals surface area contributed by atoms with Gasteiger partial charge in [-0.3, -0.25) is 9.59 Å². The normalized spacial score (nSPS) is 12.6. The molecule has 0 heterocycles. The smallest absolute Gasteiger partial charge is 0.174 e. The number of carbonyl (C=O) groups excluding carboxylic acids is 2. The first kappa shape index (κ1) is 26.4. The summed E-state index contributed by atoms with van der Waals surface area (Å²) in [6.07, 6.45) is 0.0293. The van der Waals surface area contributed by atoms with Gasteiger partial charge in [-0.25, -0.2) is 0 Å². The molecule has 188 valence electrons. The van der Waals surface area contributed by atoms with Gasteiger partial charge in [-0.05, 0) is 66.1 Å². The van der Waals surface area contributed by atoms with Crippen LogP contribution >= 0.6 is 31.9 Å². The van der Waals surface area contributed by atoms with Crippen molar-refractivity contribution in [3.8, 4) is 23.0 Å². The number of Topliss-reactive ketones (excluding diaryl/α,β-unsaturated/α-hetero) is 2. The standard InChI is InChI=1S/C29H22Br2O6/c30-18-5-1-16(2-6-18)24(28(36)22-11-9-20(32)13-26(22)34)15-25(17-3-7-19(31)8-4-17)29(37)23-12-10-21(33)14-27(23)35/h1-14,24-25,32-35H,15H2. The summed E-state index contributed by atoms with van der Waals surface area (Å²) >= 11 is 6.80. The van der Waals surface area contributed by atoms with Crippen molar-refractivity contribution in [2.75, 3.05) is 0 Å². The maximum atomic E-state index is 13.8. The Kier molecular flexibility index (Phi) is 8.00. The van der Waals surface area contributed by atoms with Gasteiger partial charge in [-0.2, -0.15) is 0 Å². The van der Waals surface area contributed by atoms with Gasteiger partial charge in [0.1, 0.15) is 23.0 Å². The quantitative estimate of drug-likeness (QED) is 0.156. The molecule has 0 radical (unpaired) electrons. The summed E-state index contributed by atoms with van der Waals surface area (Å²) in [7, 11) is 0. The second kappa shape index (κ2) is 11.2. The van der Waals surface area contributed by atoms with Gasteiger partial charge in [0, 0.05) is 32.9 Å². The molecule has 0 bridgehead atoms. The predicted molar refractivity (Wildman–Crippen MR) is 147 cm³/mol. The van der Waals surface area contributed by atoms with Gasteiger partial charge in [-0.1, -0.05) is 56.1 Å². The molecule has 0 saturated carbocycles. The first-order chi connectivity index (χ1) is 17.6. The first-order valence-electron chi connectivity index (χ1n) is 11.3. The maximum absolute atomic E-state index is 13.8. The molecule has 0 aliphatic rings. The molecule has 0 spiro atoms. The van der Waals surface area contributed by atoms with Crippen LogP contribution in [0.25, 0.3) is 0 Å². The van der Waals surface area contributed by atoms with Crippen LogP contribution in [0.15, 0.2) is 93.9 Å². The molecular weight excluding hydrogens is 604 g/mol. The molecule has 4 rings (SSSR count). The summed E-state index contributed by atoms with van der Waals surface area (Å²) in [5.41, 5.74) is 1.29. The molecule has 6 nitrogen and oxygen atoms in total. The molecule has 37 heavy (non-hydrogen) atoms. The molecule has 0 aliphatic heterocycles. The molecule has 0 aliphatic carbocycles. The zero-order chi connectivity index (χ0) is 26.7. The maximum Gasteiger partial charge on any atom is 0.174 e. The van der Waals surface area contributed by atoms with Crippen LogP contribution in [-0.2, 0) is 0 Å². The topological polar surface area (TPSA) is 115 Å². The Morgan fingerprint density at radius 2 is 0.919 bits per heavy atom. The van der Waals surface area contributed by atoms with Crippen LogP contribution in [0.5, 0.6) is 23.0 Å². The number of phenols is 4. The van der Waals surface area contributed by atoms with Gasteiger partial charge >= 0.3 is 0 Å². The van der Waals surface area contributed by atoms with Crippen molar-refractivity contribution in [3.63, 3.8) is 0 Å². The van der Waals surface area contributed by atoms with Crippen LogP contribution < -0.4 is 0 Å². The summed E-state index contributed by atoms with van der Waals surface area (Å²) < 4.78 is 1.62. The van der Waals surface area contributed by atoms with Crippen LogP contribution in [0.1, 0.15) is 50.1 Å². The average Bonchev–Trinajstić information content (AvgIpc) is 2.85. The molecular formula is C29H22Br2O6. The summed E-state index contributed by atoms with van der Waals surface area (Å²) in [6.45, 7) is 0. The van der Waals surface area contributed by atoms with Crippen molar-refractivity contribution in [3.05, 3.63) is 116 Å². The van der Waals surface area contributed by atoms with E-state index >= 15 is 0 Å². The van der Waals surface area contributed by atoms with Crippen LogP contribution in [0.4, 0.5) is 0 Å². The van der Waals surface area contributed by atoms with Crippen LogP contribution in [0, 0.1) is 0 Å². The van der Waals surface area contributed by atoms with Gasteiger partial charge in [0.05, 0.1) is 11.1 Å².